The molecule has 3 atom stereocenters. The van der Waals surface area contributed by atoms with Crippen LogP contribution in [0.2, 0.25) is 0 Å². The summed E-state index contributed by atoms with van der Waals surface area (Å²) in [6.07, 6.45) is 1.52. The van der Waals surface area contributed by atoms with Gasteiger partial charge in [-0.05, 0) is 19.9 Å². The molecule has 1 rings (SSSR count). The number of hydrogen-bond donors (Lipinski definition) is 1. The van der Waals surface area contributed by atoms with E-state index in [1.807, 2.05) is 0 Å². The number of alkyl halides is 1. The Morgan fingerprint density at radius 2 is 2.25 bits per heavy atom. The van der Waals surface area contributed by atoms with E-state index in [0.717, 1.165) is 39.2 Å². The van der Waals surface area contributed by atoms with E-state index in [4.69, 9.17) is 4.74 Å². The Morgan fingerprint density at radius 3 is 2.88 bits per heavy atom. The third-order valence-electron chi connectivity index (χ3n) is 3.04. The summed E-state index contributed by atoms with van der Waals surface area (Å²) < 4.78 is 5.75. The van der Waals surface area contributed by atoms with Gasteiger partial charge in [-0.3, -0.25) is 4.90 Å². The Bertz CT molecular complexity index is 190. The Hall–Kier alpha value is 0.360. The number of nitrogens with one attached hydrogen (secondary N) is 1. The van der Waals surface area contributed by atoms with Crippen LogP contribution in [0.5, 0.6) is 0 Å². The lowest BCUT2D eigenvalue weighted by Crippen LogP contribution is -2.47. The highest BCUT2D eigenvalue weighted by molar-refractivity contribution is 9.09. The molecular weight excluding hydrogens is 268 g/mol. The number of halogens is 1. The summed E-state index contributed by atoms with van der Waals surface area (Å²) in [6.45, 7) is 11.8. The summed E-state index contributed by atoms with van der Waals surface area (Å²) in [5.74, 6) is 0. The SMILES string of the molecule is CCN1CCOC(CNC(C)CC(C)Br)C1. The second-order valence-electron chi connectivity index (χ2n) is 4.71. The molecule has 0 saturated carbocycles. The predicted octanol–water partition coefficient (Wildman–Crippen LogP) is 1.86. The zero-order valence-electron chi connectivity index (χ0n) is 10.7. The Balaban J connectivity index is 2.16. The summed E-state index contributed by atoms with van der Waals surface area (Å²) in [5.41, 5.74) is 0. The molecule has 1 N–H and O–H groups in total. The second kappa shape index (κ2) is 7.64. The molecule has 0 aliphatic carbocycles. The van der Waals surface area contributed by atoms with Gasteiger partial charge in [-0.25, -0.2) is 0 Å². The number of ether oxygens (including phenoxy) is 1. The van der Waals surface area contributed by atoms with Crippen LogP contribution in [-0.2, 0) is 4.74 Å². The summed E-state index contributed by atoms with van der Waals surface area (Å²) >= 11 is 3.58. The summed E-state index contributed by atoms with van der Waals surface area (Å²) in [7, 11) is 0. The van der Waals surface area contributed by atoms with Gasteiger partial charge in [-0.1, -0.05) is 29.8 Å². The highest BCUT2D eigenvalue weighted by atomic mass is 79.9. The van der Waals surface area contributed by atoms with Crippen LogP contribution < -0.4 is 5.32 Å². The standard InChI is InChI=1S/C12H25BrN2O/c1-4-15-5-6-16-12(9-15)8-14-11(3)7-10(2)13/h10-12,14H,4-9H2,1-3H3. The van der Waals surface area contributed by atoms with E-state index < -0.39 is 0 Å². The van der Waals surface area contributed by atoms with E-state index in [1.165, 1.54) is 0 Å². The van der Waals surface area contributed by atoms with Crippen molar-refractivity contribution < 1.29 is 4.74 Å². The fourth-order valence-electron chi connectivity index (χ4n) is 2.09. The maximum absolute atomic E-state index is 5.75. The Kier molecular flexibility index (Phi) is 6.89. The van der Waals surface area contributed by atoms with Crippen LogP contribution in [0.25, 0.3) is 0 Å². The average Bonchev–Trinajstić information content (AvgIpc) is 2.26. The molecule has 4 heteroatoms. The molecule has 16 heavy (non-hydrogen) atoms. The van der Waals surface area contributed by atoms with Gasteiger partial charge >= 0.3 is 0 Å². The summed E-state index contributed by atoms with van der Waals surface area (Å²) in [5, 5.41) is 3.55. The first-order valence-electron chi connectivity index (χ1n) is 6.33. The van der Waals surface area contributed by atoms with Gasteiger partial charge in [0.25, 0.3) is 0 Å². The van der Waals surface area contributed by atoms with E-state index in [9.17, 15) is 0 Å². The first-order valence-corrected chi connectivity index (χ1v) is 7.24. The molecule has 3 unspecified atom stereocenters. The molecule has 3 nitrogen and oxygen atoms in total. The van der Waals surface area contributed by atoms with Crippen LogP contribution in [0.1, 0.15) is 27.2 Å². The quantitative estimate of drug-likeness (QED) is 0.757. The van der Waals surface area contributed by atoms with Crippen molar-refractivity contribution >= 4 is 15.9 Å². The molecule has 0 amide bonds. The van der Waals surface area contributed by atoms with Crippen molar-refractivity contribution in [1.82, 2.24) is 10.2 Å². The molecule has 1 aliphatic rings. The smallest absolute Gasteiger partial charge is 0.0826 e. The fraction of sp³-hybridized carbons (Fsp3) is 1.00. The van der Waals surface area contributed by atoms with E-state index >= 15 is 0 Å². The molecule has 1 aliphatic heterocycles. The third kappa shape index (κ3) is 5.62. The molecular formula is C12H25BrN2O. The summed E-state index contributed by atoms with van der Waals surface area (Å²) in [4.78, 5) is 3.03. The maximum Gasteiger partial charge on any atom is 0.0826 e. The highest BCUT2D eigenvalue weighted by Crippen LogP contribution is 2.08. The Morgan fingerprint density at radius 1 is 1.50 bits per heavy atom. The third-order valence-corrected chi connectivity index (χ3v) is 3.42. The van der Waals surface area contributed by atoms with Gasteiger partial charge in [0.05, 0.1) is 12.7 Å². The molecule has 96 valence electrons. The van der Waals surface area contributed by atoms with Crippen molar-refractivity contribution in [3.8, 4) is 0 Å². The molecule has 0 aromatic heterocycles. The molecule has 0 aromatic carbocycles. The second-order valence-corrected chi connectivity index (χ2v) is 6.27. The van der Waals surface area contributed by atoms with Crippen LogP contribution in [0.4, 0.5) is 0 Å². The largest absolute Gasteiger partial charge is 0.374 e. The summed E-state index contributed by atoms with van der Waals surface area (Å²) in [6, 6.07) is 0.551. The molecule has 0 bridgehead atoms. The van der Waals surface area contributed by atoms with E-state index in [0.29, 0.717) is 17.0 Å². The highest BCUT2D eigenvalue weighted by Gasteiger charge is 2.19. The topological polar surface area (TPSA) is 24.5 Å². The zero-order valence-corrected chi connectivity index (χ0v) is 12.3. The first kappa shape index (κ1) is 14.4. The predicted molar refractivity (Wildman–Crippen MR) is 72.3 cm³/mol. The van der Waals surface area contributed by atoms with Crippen LogP contribution in [0, 0.1) is 0 Å². The van der Waals surface area contributed by atoms with Crippen molar-refractivity contribution in [2.24, 2.45) is 0 Å². The molecule has 0 aromatic rings. The van der Waals surface area contributed by atoms with Gasteiger partial charge in [0.1, 0.15) is 0 Å². The van der Waals surface area contributed by atoms with Crippen molar-refractivity contribution in [3.05, 3.63) is 0 Å². The van der Waals surface area contributed by atoms with Crippen LogP contribution in [0.15, 0.2) is 0 Å². The van der Waals surface area contributed by atoms with Crippen molar-refractivity contribution in [2.45, 2.75) is 44.2 Å². The van der Waals surface area contributed by atoms with Gasteiger partial charge in [0.15, 0.2) is 0 Å². The number of nitrogens with zero attached hydrogens (tertiary/aromatic N) is 1. The number of hydrogen-bond acceptors (Lipinski definition) is 3. The Labute approximate surface area is 108 Å². The van der Waals surface area contributed by atoms with Crippen molar-refractivity contribution in [1.29, 1.82) is 0 Å². The van der Waals surface area contributed by atoms with Crippen LogP contribution >= 0.6 is 15.9 Å². The monoisotopic (exact) mass is 292 g/mol. The number of morpholine rings is 1. The normalized spacial score (nSPS) is 26.6. The lowest BCUT2D eigenvalue weighted by Gasteiger charge is -2.32. The van der Waals surface area contributed by atoms with E-state index in [-0.39, 0.29) is 0 Å². The maximum atomic E-state index is 5.75. The molecule has 1 heterocycles. The molecule has 1 saturated heterocycles. The average molecular weight is 293 g/mol. The minimum Gasteiger partial charge on any atom is -0.374 e. The van der Waals surface area contributed by atoms with Gasteiger partial charge in [-0.2, -0.15) is 0 Å². The molecule has 0 spiro atoms. The number of rotatable bonds is 6. The lowest BCUT2D eigenvalue weighted by molar-refractivity contribution is -0.0262. The van der Waals surface area contributed by atoms with Crippen LogP contribution in [-0.4, -0.2) is 54.7 Å². The van der Waals surface area contributed by atoms with Crippen LogP contribution in [0.3, 0.4) is 0 Å². The van der Waals surface area contributed by atoms with E-state index in [2.05, 4.69) is 46.9 Å². The number of likely N-dealkylation sites (N-methyl/N-ethyl adjacent to an activating group) is 1. The van der Waals surface area contributed by atoms with Gasteiger partial charge in [-0.15, -0.1) is 0 Å². The zero-order chi connectivity index (χ0) is 12.0. The van der Waals surface area contributed by atoms with Gasteiger partial charge in [0, 0.05) is 30.5 Å². The minimum atomic E-state index is 0.363. The van der Waals surface area contributed by atoms with Gasteiger partial charge in [0.2, 0.25) is 0 Å². The fourth-order valence-corrected chi connectivity index (χ4v) is 2.66. The molecule has 0 radical (unpaired) electrons. The van der Waals surface area contributed by atoms with Crippen molar-refractivity contribution in [3.63, 3.8) is 0 Å². The first-order chi connectivity index (χ1) is 7.61. The van der Waals surface area contributed by atoms with Crippen molar-refractivity contribution in [2.75, 3.05) is 32.8 Å². The van der Waals surface area contributed by atoms with Gasteiger partial charge < -0.3 is 10.1 Å². The van der Waals surface area contributed by atoms with E-state index in [1.54, 1.807) is 0 Å². The molecule has 1 fully saturated rings. The lowest BCUT2D eigenvalue weighted by atomic mass is 10.2. The minimum absolute atomic E-state index is 0.363.